The highest BCUT2D eigenvalue weighted by Gasteiger charge is 2.14. The molecule has 1 aliphatic rings. The predicted octanol–water partition coefficient (Wildman–Crippen LogP) is 1.69. The Balaban J connectivity index is 1.52. The zero-order valence-corrected chi connectivity index (χ0v) is 9.39. The Kier molecular flexibility index (Phi) is 4.58. The number of aromatic nitrogens is 1. The van der Waals surface area contributed by atoms with E-state index in [2.05, 4.69) is 10.3 Å². The van der Waals surface area contributed by atoms with E-state index in [1.807, 2.05) is 18.2 Å². The quantitative estimate of drug-likeness (QED) is 0.744. The Morgan fingerprint density at radius 2 is 2.50 bits per heavy atom. The largest absolute Gasteiger partial charge is 0.377 e. The van der Waals surface area contributed by atoms with Crippen molar-refractivity contribution >= 4 is 5.82 Å². The molecule has 1 aromatic rings. The van der Waals surface area contributed by atoms with Crippen LogP contribution in [0.3, 0.4) is 0 Å². The molecule has 1 atom stereocenters. The van der Waals surface area contributed by atoms with Gasteiger partial charge in [-0.25, -0.2) is 4.98 Å². The van der Waals surface area contributed by atoms with Gasteiger partial charge in [0.15, 0.2) is 0 Å². The summed E-state index contributed by atoms with van der Waals surface area (Å²) in [6.07, 6.45) is 4.39. The van der Waals surface area contributed by atoms with Crippen LogP contribution in [0.2, 0.25) is 0 Å². The maximum atomic E-state index is 5.52. The Morgan fingerprint density at radius 3 is 3.25 bits per heavy atom. The average molecular weight is 222 g/mol. The van der Waals surface area contributed by atoms with E-state index in [0.29, 0.717) is 19.3 Å². The van der Waals surface area contributed by atoms with Crippen molar-refractivity contribution in [3.05, 3.63) is 24.4 Å². The monoisotopic (exact) mass is 222 g/mol. The molecule has 1 unspecified atom stereocenters. The van der Waals surface area contributed by atoms with Crippen molar-refractivity contribution < 1.29 is 9.47 Å². The molecule has 0 saturated carbocycles. The van der Waals surface area contributed by atoms with E-state index >= 15 is 0 Å². The molecule has 1 aliphatic heterocycles. The molecule has 1 saturated heterocycles. The predicted molar refractivity (Wildman–Crippen MR) is 62.5 cm³/mol. The minimum atomic E-state index is 0.315. The van der Waals surface area contributed by atoms with Gasteiger partial charge in [0.2, 0.25) is 0 Å². The van der Waals surface area contributed by atoms with E-state index in [-0.39, 0.29) is 0 Å². The lowest BCUT2D eigenvalue weighted by molar-refractivity contribution is 0.0206. The van der Waals surface area contributed by atoms with Gasteiger partial charge in [-0.15, -0.1) is 0 Å². The Labute approximate surface area is 96.0 Å². The van der Waals surface area contributed by atoms with E-state index in [0.717, 1.165) is 25.4 Å². The van der Waals surface area contributed by atoms with Crippen molar-refractivity contribution in [2.75, 3.05) is 31.7 Å². The second-order valence-electron chi connectivity index (χ2n) is 3.85. The standard InChI is InChI=1S/C12H18N2O2/c1-2-6-13-12(5-1)14-7-9-15-10-11-4-3-8-16-11/h1-2,5-6,11H,3-4,7-10H2,(H,13,14). The van der Waals surface area contributed by atoms with Crippen LogP contribution >= 0.6 is 0 Å². The van der Waals surface area contributed by atoms with Crippen LogP contribution < -0.4 is 5.32 Å². The maximum Gasteiger partial charge on any atom is 0.125 e. The molecule has 0 radical (unpaired) electrons. The maximum absolute atomic E-state index is 5.52. The Hall–Kier alpha value is -1.13. The highest BCUT2D eigenvalue weighted by atomic mass is 16.5. The zero-order valence-electron chi connectivity index (χ0n) is 9.39. The number of pyridine rings is 1. The second-order valence-corrected chi connectivity index (χ2v) is 3.85. The van der Waals surface area contributed by atoms with Gasteiger partial charge in [-0.3, -0.25) is 0 Å². The van der Waals surface area contributed by atoms with Gasteiger partial charge in [0.1, 0.15) is 5.82 Å². The molecule has 2 rings (SSSR count). The summed E-state index contributed by atoms with van der Waals surface area (Å²) in [5.41, 5.74) is 0. The van der Waals surface area contributed by atoms with Crippen molar-refractivity contribution in [1.29, 1.82) is 0 Å². The molecular formula is C12H18N2O2. The summed E-state index contributed by atoms with van der Waals surface area (Å²) in [5.74, 6) is 0.892. The third kappa shape index (κ3) is 3.79. The number of hydrogen-bond donors (Lipinski definition) is 1. The summed E-state index contributed by atoms with van der Waals surface area (Å²) >= 11 is 0. The smallest absolute Gasteiger partial charge is 0.125 e. The van der Waals surface area contributed by atoms with Crippen LogP contribution in [0.5, 0.6) is 0 Å². The normalized spacial score (nSPS) is 19.9. The lowest BCUT2D eigenvalue weighted by Crippen LogP contribution is -2.18. The molecule has 4 heteroatoms. The van der Waals surface area contributed by atoms with Crippen LogP contribution in [0.1, 0.15) is 12.8 Å². The average Bonchev–Trinajstić information content (AvgIpc) is 2.83. The van der Waals surface area contributed by atoms with Gasteiger partial charge in [-0.05, 0) is 25.0 Å². The summed E-state index contributed by atoms with van der Waals surface area (Å²) in [5, 5.41) is 3.19. The fourth-order valence-electron chi connectivity index (χ4n) is 1.71. The first-order valence-electron chi connectivity index (χ1n) is 5.79. The molecule has 0 aliphatic carbocycles. The number of hydrogen-bond acceptors (Lipinski definition) is 4. The topological polar surface area (TPSA) is 43.4 Å². The minimum absolute atomic E-state index is 0.315. The SMILES string of the molecule is c1ccc(NCCOCC2CCCO2)nc1. The van der Waals surface area contributed by atoms with Crippen LogP contribution in [-0.4, -0.2) is 37.5 Å². The minimum Gasteiger partial charge on any atom is -0.377 e. The van der Waals surface area contributed by atoms with Crippen LogP contribution in [0.4, 0.5) is 5.82 Å². The van der Waals surface area contributed by atoms with E-state index in [9.17, 15) is 0 Å². The number of anilines is 1. The first-order valence-corrected chi connectivity index (χ1v) is 5.79. The Bertz CT molecular complexity index is 286. The number of nitrogens with one attached hydrogen (secondary N) is 1. The summed E-state index contributed by atoms with van der Waals surface area (Å²) < 4.78 is 11.0. The summed E-state index contributed by atoms with van der Waals surface area (Å²) in [4.78, 5) is 4.16. The lowest BCUT2D eigenvalue weighted by Gasteiger charge is -2.10. The lowest BCUT2D eigenvalue weighted by atomic mass is 10.2. The van der Waals surface area contributed by atoms with Gasteiger partial charge in [0, 0.05) is 19.3 Å². The fourth-order valence-corrected chi connectivity index (χ4v) is 1.71. The number of nitrogens with zero attached hydrogens (tertiary/aromatic N) is 1. The zero-order chi connectivity index (χ0) is 11.1. The van der Waals surface area contributed by atoms with Gasteiger partial charge in [-0.2, -0.15) is 0 Å². The van der Waals surface area contributed by atoms with Gasteiger partial charge in [0.25, 0.3) is 0 Å². The molecular weight excluding hydrogens is 204 g/mol. The molecule has 16 heavy (non-hydrogen) atoms. The first kappa shape index (κ1) is 11.4. The van der Waals surface area contributed by atoms with Crippen molar-refractivity contribution in [1.82, 2.24) is 4.98 Å². The molecule has 0 aromatic carbocycles. The molecule has 1 fully saturated rings. The van der Waals surface area contributed by atoms with Crippen LogP contribution in [-0.2, 0) is 9.47 Å². The van der Waals surface area contributed by atoms with Crippen LogP contribution in [0.25, 0.3) is 0 Å². The molecule has 0 bridgehead atoms. The van der Waals surface area contributed by atoms with Gasteiger partial charge >= 0.3 is 0 Å². The van der Waals surface area contributed by atoms with E-state index < -0.39 is 0 Å². The Morgan fingerprint density at radius 1 is 1.50 bits per heavy atom. The second kappa shape index (κ2) is 6.45. The molecule has 0 spiro atoms. The molecule has 0 amide bonds. The van der Waals surface area contributed by atoms with Crippen molar-refractivity contribution in [3.8, 4) is 0 Å². The number of rotatable bonds is 6. The van der Waals surface area contributed by atoms with Crippen LogP contribution in [0.15, 0.2) is 24.4 Å². The van der Waals surface area contributed by atoms with E-state index in [4.69, 9.17) is 9.47 Å². The summed E-state index contributed by atoms with van der Waals surface area (Å²) in [6.45, 7) is 3.07. The van der Waals surface area contributed by atoms with Crippen molar-refractivity contribution in [2.45, 2.75) is 18.9 Å². The summed E-state index contributed by atoms with van der Waals surface area (Å²) in [6, 6.07) is 5.81. The number of ether oxygens (including phenoxy) is 2. The first-order chi connectivity index (χ1) is 7.95. The molecule has 1 N–H and O–H groups in total. The molecule has 88 valence electrons. The molecule has 4 nitrogen and oxygen atoms in total. The van der Waals surface area contributed by atoms with E-state index in [1.165, 1.54) is 6.42 Å². The molecule has 1 aromatic heterocycles. The fraction of sp³-hybridized carbons (Fsp3) is 0.583. The molecule has 2 heterocycles. The third-order valence-corrected chi connectivity index (χ3v) is 2.55. The van der Waals surface area contributed by atoms with Gasteiger partial charge < -0.3 is 14.8 Å². The van der Waals surface area contributed by atoms with Crippen molar-refractivity contribution in [2.24, 2.45) is 0 Å². The van der Waals surface area contributed by atoms with E-state index in [1.54, 1.807) is 6.20 Å². The van der Waals surface area contributed by atoms with Gasteiger partial charge in [0.05, 0.1) is 19.3 Å². The highest BCUT2D eigenvalue weighted by molar-refractivity contribution is 5.32. The van der Waals surface area contributed by atoms with Crippen LogP contribution in [0, 0.1) is 0 Å². The third-order valence-electron chi connectivity index (χ3n) is 2.55. The highest BCUT2D eigenvalue weighted by Crippen LogP contribution is 2.11. The van der Waals surface area contributed by atoms with Gasteiger partial charge in [-0.1, -0.05) is 6.07 Å². The van der Waals surface area contributed by atoms with Crippen molar-refractivity contribution in [3.63, 3.8) is 0 Å². The summed E-state index contributed by atoms with van der Waals surface area (Å²) in [7, 11) is 0.